The molecule has 1 aliphatic heterocycles. The van der Waals surface area contributed by atoms with E-state index in [0.717, 1.165) is 4.90 Å². The molecule has 2 aromatic carbocycles. The Labute approximate surface area is 153 Å². The van der Waals surface area contributed by atoms with Crippen LogP contribution in [0.3, 0.4) is 0 Å². The minimum atomic E-state index is -1.08. The van der Waals surface area contributed by atoms with Crippen molar-refractivity contribution >= 4 is 35.6 Å². The molecule has 1 heterocycles. The van der Waals surface area contributed by atoms with Gasteiger partial charge < -0.3 is 14.9 Å². The summed E-state index contributed by atoms with van der Waals surface area (Å²) in [6, 6.07) is 9.16. The number of nitrogens with one attached hydrogen (secondary N) is 2. The van der Waals surface area contributed by atoms with Gasteiger partial charge in [-0.2, -0.15) is 0 Å². The lowest BCUT2D eigenvalue weighted by Crippen LogP contribution is -2.38. The van der Waals surface area contributed by atoms with Gasteiger partial charge in [0.2, 0.25) is 12.3 Å². The molecule has 2 aromatic rings. The van der Waals surface area contributed by atoms with Crippen molar-refractivity contribution in [2.24, 2.45) is 0 Å². The van der Waals surface area contributed by atoms with Crippen molar-refractivity contribution in [3.05, 3.63) is 48.0 Å². The second-order valence-electron chi connectivity index (χ2n) is 5.73. The number of amides is 2. The minimum Gasteiger partial charge on any atom is -0.347 e. The third-order valence-corrected chi connectivity index (χ3v) is 4.68. The number of halogens is 2. The summed E-state index contributed by atoms with van der Waals surface area (Å²) in [4.78, 5) is 24.0. The van der Waals surface area contributed by atoms with Crippen LogP contribution in [-0.4, -0.2) is 31.2 Å². The Bertz CT molecular complexity index is 847. The van der Waals surface area contributed by atoms with Gasteiger partial charge in [-0.3, -0.25) is 9.59 Å². The lowest BCUT2D eigenvalue weighted by atomic mass is 10.0. The highest BCUT2D eigenvalue weighted by molar-refractivity contribution is 7.99. The van der Waals surface area contributed by atoms with Crippen LogP contribution < -0.4 is 14.9 Å². The molecule has 1 saturated heterocycles. The molecule has 0 spiro atoms. The van der Waals surface area contributed by atoms with Crippen molar-refractivity contribution in [3.8, 4) is 11.1 Å². The molecule has 1 unspecified atom stereocenters. The number of anilines is 2. The zero-order valence-electron chi connectivity index (χ0n) is 14.0. The first-order valence-electron chi connectivity index (χ1n) is 7.96. The summed E-state index contributed by atoms with van der Waals surface area (Å²) >= 11 is 1.35. The molecule has 136 valence electrons. The molecule has 26 heavy (non-hydrogen) atoms. The van der Waals surface area contributed by atoms with Gasteiger partial charge in [-0.1, -0.05) is 30.1 Å². The number of carbonyl (C=O) groups is 2. The number of nitrogens with zero attached hydrogens (tertiary/aromatic N) is 1. The van der Waals surface area contributed by atoms with Crippen LogP contribution in [0.1, 0.15) is 6.42 Å². The molecule has 2 N–H and O–H groups in total. The van der Waals surface area contributed by atoms with Gasteiger partial charge >= 0.3 is 0 Å². The van der Waals surface area contributed by atoms with Crippen molar-refractivity contribution in [2.45, 2.75) is 12.5 Å². The maximum absolute atomic E-state index is 14.8. The van der Waals surface area contributed by atoms with Gasteiger partial charge in [0.1, 0.15) is 6.04 Å². The topological polar surface area (TPSA) is 61.4 Å². The average molecular weight is 377 g/mol. The summed E-state index contributed by atoms with van der Waals surface area (Å²) in [6.07, 6.45) is 2.61. The maximum atomic E-state index is 14.8. The first-order chi connectivity index (χ1) is 12.6. The molecule has 3 rings (SSSR count). The van der Waals surface area contributed by atoms with E-state index in [2.05, 4.69) is 10.0 Å². The Morgan fingerprint density at radius 2 is 1.92 bits per heavy atom. The van der Waals surface area contributed by atoms with Gasteiger partial charge in [0.25, 0.3) is 0 Å². The maximum Gasteiger partial charge on any atom is 0.249 e. The van der Waals surface area contributed by atoms with Crippen molar-refractivity contribution < 1.29 is 18.4 Å². The van der Waals surface area contributed by atoms with Crippen LogP contribution in [0.5, 0.6) is 0 Å². The smallest absolute Gasteiger partial charge is 0.249 e. The predicted octanol–water partition coefficient (Wildman–Crippen LogP) is 3.17. The molecule has 1 aliphatic rings. The van der Waals surface area contributed by atoms with E-state index in [-0.39, 0.29) is 17.8 Å². The molecule has 2 amide bonds. The van der Waals surface area contributed by atoms with E-state index < -0.39 is 23.6 Å². The molecule has 0 saturated carbocycles. The lowest BCUT2D eigenvalue weighted by molar-refractivity contribution is -0.121. The summed E-state index contributed by atoms with van der Waals surface area (Å²) in [5.74, 6) is -2.55. The molecule has 0 aliphatic carbocycles. The van der Waals surface area contributed by atoms with Crippen LogP contribution >= 0.6 is 11.9 Å². The number of rotatable bonds is 6. The molecule has 1 atom stereocenters. The fraction of sp³-hybridized carbons (Fsp3) is 0.222. The monoisotopic (exact) mass is 377 g/mol. The van der Waals surface area contributed by atoms with Gasteiger partial charge in [0.05, 0.1) is 11.4 Å². The highest BCUT2D eigenvalue weighted by Crippen LogP contribution is 2.36. The summed E-state index contributed by atoms with van der Waals surface area (Å²) < 4.78 is 32.5. The largest absolute Gasteiger partial charge is 0.347 e. The first kappa shape index (κ1) is 18.2. The van der Waals surface area contributed by atoms with Crippen LogP contribution in [0.15, 0.2) is 36.4 Å². The van der Waals surface area contributed by atoms with Crippen molar-refractivity contribution in [1.29, 1.82) is 0 Å². The van der Waals surface area contributed by atoms with E-state index >= 15 is 0 Å². The summed E-state index contributed by atoms with van der Waals surface area (Å²) in [7, 11) is 0. The first-order valence-corrected chi connectivity index (χ1v) is 9.18. The van der Waals surface area contributed by atoms with Gasteiger partial charge in [0, 0.05) is 23.9 Å². The molecule has 0 bridgehead atoms. The Morgan fingerprint density at radius 3 is 2.65 bits per heavy atom. The van der Waals surface area contributed by atoms with Crippen LogP contribution in [-0.2, 0) is 9.59 Å². The standard InChI is InChI=1S/C18H17F2N3O2S/c1-26-22-13-5-3-2-4-11(13)12-6-7-15(17(20)16(12)19)23-9-8-14(18(23)25)21-10-24/h2-7,10,14,22H,8-9H2,1H3,(H,21,24). The van der Waals surface area contributed by atoms with Crippen LogP contribution in [0.2, 0.25) is 0 Å². The number of benzene rings is 2. The molecule has 0 radical (unpaired) electrons. The number of hydrogen-bond donors (Lipinski definition) is 2. The average Bonchev–Trinajstić information content (AvgIpc) is 2.99. The van der Waals surface area contributed by atoms with E-state index in [1.54, 1.807) is 24.3 Å². The van der Waals surface area contributed by atoms with Crippen molar-refractivity contribution in [3.63, 3.8) is 0 Å². The summed E-state index contributed by atoms with van der Waals surface area (Å²) in [5.41, 5.74) is 1.18. The lowest BCUT2D eigenvalue weighted by Gasteiger charge is -2.19. The van der Waals surface area contributed by atoms with Gasteiger partial charge in [0.15, 0.2) is 11.6 Å². The summed E-state index contributed by atoms with van der Waals surface area (Å²) in [6.45, 7) is 0.213. The van der Waals surface area contributed by atoms with E-state index in [1.165, 1.54) is 24.1 Å². The molecule has 5 nitrogen and oxygen atoms in total. The highest BCUT2D eigenvalue weighted by atomic mass is 32.2. The Hall–Kier alpha value is -2.61. The highest BCUT2D eigenvalue weighted by Gasteiger charge is 2.34. The number of hydrogen-bond acceptors (Lipinski definition) is 4. The fourth-order valence-corrected chi connectivity index (χ4v) is 3.43. The second-order valence-corrected chi connectivity index (χ2v) is 6.34. The number of para-hydroxylation sites is 1. The van der Waals surface area contributed by atoms with E-state index in [9.17, 15) is 18.4 Å². The minimum absolute atomic E-state index is 0.109. The van der Waals surface area contributed by atoms with Gasteiger partial charge in [-0.05, 0) is 24.6 Å². The van der Waals surface area contributed by atoms with Crippen molar-refractivity contribution in [2.75, 3.05) is 22.4 Å². The third-order valence-electron chi connectivity index (χ3n) is 4.26. The molecule has 8 heteroatoms. The van der Waals surface area contributed by atoms with E-state index in [4.69, 9.17) is 0 Å². The normalized spacial score (nSPS) is 16.7. The van der Waals surface area contributed by atoms with E-state index in [1.807, 2.05) is 6.26 Å². The van der Waals surface area contributed by atoms with Crippen molar-refractivity contribution in [1.82, 2.24) is 5.32 Å². The van der Waals surface area contributed by atoms with Gasteiger partial charge in [-0.15, -0.1) is 0 Å². The van der Waals surface area contributed by atoms with Crippen LogP contribution in [0, 0.1) is 11.6 Å². The fourth-order valence-electron chi connectivity index (χ4n) is 3.03. The molecule has 1 fully saturated rings. The second kappa shape index (κ2) is 7.74. The Balaban J connectivity index is 1.98. The SMILES string of the molecule is CSNc1ccccc1-c1ccc(N2CCC(NC=O)C2=O)c(F)c1F. The quantitative estimate of drug-likeness (QED) is 0.600. The zero-order chi connectivity index (χ0) is 18.7. The Morgan fingerprint density at radius 1 is 1.15 bits per heavy atom. The van der Waals surface area contributed by atoms with E-state index in [0.29, 0.717) is 24.1 Å². The predicted molar refractivity (Wildman–Crippen MR) is 98.9 cm³/mol. The Kier molecular flexibility index (Phi) is 5.41. The van der Waals surface area contributed by atoms with Crippen LogP contribution in [0.4, 0.5) is 20.2 Å². The third kappa shape index (κ3) is 3.24. The molecular formula is C18H17F2N3O2S. The molecular weight excluding hydrogens is 360 g/mol. The number of carbonyl (C=O) groups excluding carboxylic acids is 2. The van der Waals surface area contributed by atoms with Gasteiger partial charge in [-0.25, -0.2) is 8.78 Å². The zero-order valence-corrected chi connectivity index (χ0v) is 14.8. The summed E-state index contributed by atoms with van der Waals surface area (Å²) in [5, 5.41) is 2.39. The molecule has 0 aromatic heterocycles. The van der Waals surface area contributed by atoms with Crippen LogP contribution in [0.25, 0.3) is 11.1 Å².